The fourth-order valence-corrected chi connectivity index (χ4v) is 3.10. The first-order chi connectivity index (χ1) is 9.78. The molecule has 1 heterocycles. The monoisotopic (exact) mass is 288 g/mol. The van der Waals surface area contributed by atoms with Crippen LogP contribution in [-0.2, 0) is 4.79 Å². The van der Waals surface area contributed by atoms with Crippen molar-refractivity contribution in [2.75, 3.05) is 5.75 Å². The van der Waals surface area contributed by atoms with Gasteiger partial charge in [-0.2, -0.15) is 4.98 Å². The second-order valence-electron chi connectivity index (χ2n) is 4.82. The SMILES string of the molecule is CCSc1ccc(-c2noc(C3CCCC3=O)n2)cc1. The van der Waals surface area contributed by atoms with Gasteiger partial charge in [0, 0.05) is 16.9 Å². The average molecular weight is 288 g/mol. The topological polar surface area (TPSA) is 56.0 Å². The standard InChI is InChI=1S/C15H16N2O2S/c1-2-20-11-8-6-10(7-9-11)14-16-15(19-17-14)12-4-3-5-13(12)18/h6-9,12H,2-5H2,1H3. The lowest BCUT2D eigenvalue weighted by Gasteiger charge is -2.00. The largest absolute Gasteiger partial charge is 0.338 e. The summed E-state index contributed by atoms with van der Waals surface area (Å²) >= 11 is 1.80. The van der Waals surface area contributed by atoms with Gasteiger partial charge in [-0.15, -0.1) is 11.8 Å². The van der Waals surface area contributed by atoms with Crippen molar-refractivity contribution in [1.82, 2.24) is 10.1 Å². The van der Waals surface area contributed by atoms with Gasteiger partial charge in [0.2, 0.25) is 11.7 Å². The van der Waals surface area contributed by atoms with Crippen molar-refractivity contribution in [3.63, 3.8) is 0 Å². The van der Waals surface area contributed by atoms with Crippen LogP contribution in [0.3, 0.4) is 0 Å². The first kappa shape index (κ1) is 13.4. The molecule has 0 saturated heterocycles. The van der Waals surface area contributed by atoms with E-state index in [9.17, 15) is 4.79 Å². The predicted molar refractivity (Wildman–Crippen MR) is 77.7 cm³/mol. The molecule has 1 aromatic heterocycles. The molecule has 0 amide bonds. The van der Waals surface area contributed by atoms with Crippen molar-refractivity contribution in [2.45, 2.75) is 37.0 Å². The molecule has 1 saturated carbocycles. The van der Waals surface area contributed by atoms with Crippen molar-refractivity contribution >= 4 is 17.5 Å². The van der Waals surface area contributed by atoms with Gasteiger partial charge >= 0.3 is 0 Å². The molecule has 2 aromatic rings. The Labute approximate surface area is 122 Å². The van der Waals surface area contributed by atoms with Crippen LogP contribution in [0.2, 0.25) is 0 Å². The maximum absolute atomic E-state index is 11.7. The van der Waals surface area contributed by atoms with Crippen molar-refractivity contribution < 1.29 is 9.32 Å². The summed E-state index contributed by atoms with van der Waals surface area (Å²) in [7, 11) is 0. The van der Waals surface area contributed by atoms with Crippen LogP contribution in [-0.4, -0.2) is 21.7 Å². The van der Waals surface area contributed by atoms with Gasteiger partial charge in [-0.25, -0.2) is 0 Å². The van der Waals surface area contributed by atoms with Crippen LogP contribution >= 0.6 is 11.8 Å². The van der Waals surface area contributed by atoms with Crippen LogP contribution in [0, 0.1) is 0 Å². The summed E-state index contributed by atoms with van der Waals surface area (Å²) < 4.78 is 5.26. The van der Waals surface area contributed by atoms with E-state index in [0.717, 1.165) is 24.2 Å². The smallest absolute Gasteiger partial charge is 0.237 e. The van der Waals surface area contributed by atoms with Gasteiger partial charge in [-0.05, 0) is 42.9 Å². The molecule has 1 aliphatic carbocycles. The Hall–Kier alpha value is -1.62. The highest BCUT2D eigenvalue weighted by molar-refractivity contribution is 7.99. The van der Waals surface area contributed by atoms with Crippen LogP contribution in [0.15, 0.2) is 33.7 Å². The molecule has 5 heteroatoms. The summed E-state index contributed by atoms with van der Waals surface area (Å²) in [5.74, 6) is 2.11. The molecule has 0 aliphatic heterocycles. The Morgan fingerprint density at radius 1 is 1.35 bits per heavy atom. The Kier molecular flexibility index (Phi) is 3.87. The predicted octanol–water partition coefficient (Wildman–Crippen LogP) is 3.69. The van der Waals surface area contributed by atoms with Crippen LogP contribution in [0.25, 0.3) is 11.4 Å². The number of thioether (sulfide) groups is 1. The number of ketones is 1. The minimum Gasteiger partial charge on any atom is -0.338 e. The van der Waals surface area contributed by atoms with Crippen molar-refractivity contribution in [1.29, 1.82) is 0 Å². The maximum Gasteiger partial charge on any atom is 0.237 e. The summed E-state index contributed by atoms with van der Waals surface area (Å²) in [6.07, 6.45) is 2.38. The molecule has 20 heavy (non-hydrogen) atoms. The highest BCUT2D eigenvalue weighted by Crippen LogP contribution is 2.31. The molecule has 1 aromatic carbocycles. The van der Waals surface area contributed by atoms with E-state index >= 15 is 0 Å². The second kappa shape index (κ2) is 5.79. The van der Waals surface area contributed by atoms with Gasteiger partial charge in [-0.1, -0.05) is 12.1 Å². The molecule has 1 unspecified atom stereocenters. The lowest BCUT2D eigenvalue weighted by atomic mass is 10.1. The molecule has 1 atom stereocenters. The van der Waals surface area contributed by atoms with Crippen molar-refractivity contribution in [3.05, 3.63) is 30.2 Å². The molecular weight excluding hydrogens is 272 g/mol. The molecule has 104 valence electrons. The molecule has 4 nitrogen and oxygen atoms in total. The minimum atomic E-state index is -0.189. The number of benzene rings is 1. The number of hydrogen-bond acceptors (Lipinski definition) is 5. The number of carbonyl (C=O) groups excluding carboxylic acids is 1. The Morgan fingerprint density at radius 2 is 2.15 bits per heavy atom. The van der Waals surface area contributed by atoms with E-state index in [4.69, 9.17) is 4.52 Å². The Morgan fingerprint density at radius 3 is 2.80 bits per heavy atom. The third-order valence-corrected chi connectivity index (χ3v) is 4.36. The van der Waals surface area contributed by atoms with Gasteiger partial charge < -0.3 is 4.52 Å². The molecular formula is C15H16N2O2S. The molecule has 0 N–H and O–H groups in total. The molecule has 3 rings (SSSR count). The summed E-state index contributed by atoms with van der Waals surface area (Å²) in [5, 5.41) is 4.00. The van der Waals surface area contributed by atoms with Crippen LogP contribution < -0.4 is 0 Å². The quantitative estimate of drug-likeness (QED) is 0.803. The third-order valence-electron chi connectivity index (χ3n) is 3.47. The van der Waals surface area contributed by atoms with Gasteiger partial charge in [0.1, 0.15) is 5.78 Å². The molecule has 1 aliphatic rings. The first-order valence-corrected chi connectivity index (χ1v) is 7.86. The summed E-state index contributed by atoms with van der Waals surface area (Å²) in [4.78, 5) is 17.3. The number of aromatic nitrogens is 2. The highest BCUT2D eigenvalue weighted by Gasteiger charge is 2.30. The average Bonchev–Trinajstić information content (AvgIpc) is 3.08. The van der Waals surface area contributed by atoms with E-state index in [-0.39, 0.29) is 11.7 Å². The number of Topliss-reactive ketones (excluding diaryl/α,β-unsaturated/α-hetero) is 1. The fourth-order valence-electron chi connectivity index (χ4n) is 2.44. The van der Waals surface area contributed by atoms with Crippen LogP contribution in [0.4, 0.5) is 0 Å². The van der Waals surface area contributed by atoms with E-state index < -0.39 is 0 Å². The van der Waals surface area contributed by atoms with E-state index in [1.807, 2.05) is 12.1 Å². The van der Waals surface area contributed by atoms with Crippen LogP contribution in [0.5, 0.6) is 0 Å². The first-order valence-electron chi connectivity index (χ1n) is 6.87. The number of nitrogens with zero attached hydrogens (tertiary/aromatic N) is 2. The van der Waals surface area contributed by atoms with E-state index in [0.29, 0.717) is 18.1 Å². The Bertz CT molecular complexity index is 607. The van der Waals surface area contributed by atoms with Crippen molar-refractivity contribution in [2.24, 2.45) is 0 Å². The number of hydrogen-bond donors (Lipinski definition) is 0. The lowest BCUT2D eigenvalue weighted by molar-refractivity contribution is -0.119. The highest BCUT2D eigenvalue weighted by atomic mass is 32.2. The van der Waals surface area contributed by atoms with E-state index in [2.05, 4.69) is 29.2 Å². The summed E-state index contributed by atoms with van der Waals surface area (Å²) in [6, 6.07) is 8.09. The normalized spacial score (nSPS) is 18.6. The number of rotatable bonds is 4. The molecule has 0 spiro atoms. The van der Waals surface area contributed by atoms with Crippen molar-refractivity contribution in [3.8, 4) is 11.4 Å². The zero-order chi connectivity index (χ0) is 13.9. The summed E-state index contributed by atoms with van der Waals surface area (Å²) in [6.45, 7) is 2.13. The second-order valence-corrected chi connectivity index (χ2v) is 6.16. The maximum atomic E-state index is 11.7. The Balaban J connectivity index is 1.80. The van der Waals surface area contributed by atoms with Gasteiger partial charge in [0.15, 0.2) is 0 Å². The third kappa shape index (κ3) is 2.63. The molecule has 0 bridgehead atoms. The molecule has 0 radical (unpaired) electrons. The lowest BCUT2D eigenvalue weighted by Crippen LogP contribution is -2.04. The van der Waals surface area contributed by atoms with Crippen LogP contribution in [0.1, 0.15) is 38.0 Å². The minimum absolute atomic E-state index is 0.189. The zero-order valence-corrected chi connectivity index (χ0v) is 12.2. The van der Waals surface area contributed by atoms with Gasteiger partial charge in [0.25, 0.3) is 0 Å². The van der Waals surface area contributed by atoms with E-state index in [1.54, 1.807) is 11.8 Å². The summed E-state index contributed by atoms with van der Waals surface area (Å²) in [5.41, 5.74) is 0.922. The molecule has 1 fully saturated rings. The number of carbonyl (C=O) groups is 1. The van der Waals surface area contributed by atoms with Gasteiger partial charge in [0.05, 0.1) is 5.92 Å². The zero-order valence-electron chi connectivity index (χ0n) is 11.3. The van der Waals surface area contributed by atoms with Gasteiger partial charge in [-0.3, -0.25) is 4.79 Å². The van der Waals surface area contributed by atoms with E-state index in [1.165, 1.54) is 4.90 Å². The fraction of sp³-hybridized carbons (Fsp3) is 0.400.